The number of hydrogen-bond donors (Lipinski definition) is 0. The van der Waals surface area contributed by atoms with Gasteiger partial charge in [0.15, 0.2) is 0 Å². The van der Waals surface area contributed by atoms with Gasteiger partial charge < -0.3 is 19.1 Å². The van der Waals surface area contributed by atoms with Crippen LogP contribution in [0.1, 0.15) is 35.3 Å². The molecule has 1 fully saturated rings. The molecule has 0 aromatic heterocycles. The van der Waals surface area contributed by atoms with Crippen molar-refractivity contribution in [3.63, 3.8) is 0 Å². The average molecular weight is 495 g/mol. The van der Waals surface area contributed by atoms with Crippen molar-refractivity contribution in [2.24, 2.45) is 5.92 Å². The van der Waals surface area contributed by atoms with Gasteiger partial charge in [-0.05, 0) is 36.2 Å². The second kappa shape index (κ2) is 11.8. The van der Waals surface area contributed by atoms with E-state index in [0.717, 1.165) is 35.7 Å². The summed E-state index contributed by atoms with van der Waals surface area (Å²) < 4.78 is 55.5. The minimum atomic E-state index is -4.44. The fraction of sp³-hybridized carbons (Fsp3) is 0.500. The van der Waals surface area contributed by atoms with Crippen LogP contribution in [0, 0.1) is 5.92 Å². The number of halogens is 3. The van der Waals surface area contributed by atoms with E-state index in [4.69, 9.17) is 14.2 Å². The van der Waals surface area contributed by atoms with E-state index in [2.05, 4.69) is 4.90 Å². The van der Waals surface area contributed by atoms with Crippen LogP contribution in [0.2, 0.25) is 0 Å². The summed E-state index contributed by atoms with van der Waals surface area (Å²) in [5.41, 5.74) is 0.479. The standard InChI is InChI=1S/C26H33F3N2O4/c1-18(2)14-31(25(32)19-5-8-21(9-6-19)26(27,28)29)17-23-16-30(11-12-35-23)15-20-7-10-22(33-3)13-24(20)34-4/h5-10,13,18,23H,11-12,14-17H2,1-4H3. The van der Waals surface area contributed by atoms with Crippen molar-refractivity contribution < 1.29 is 32.2 Å². The molecule has 6 nitrogen and oxygen atoms in total. The highest BCUT2D eigenvalue weighted by molar-refractivity contribution is 5.94. The quantitative estimate of drug-likeness (QED) is 0.505. The van der Waals surface area contributed by atoms with Gasteiger partial charge in [0.1, 0.15) is 11.5 Å². The summed E-state index contributed by atoms with van der Waals surface area (Å²) in [5, 5.41) is 0. The van der Waals surface area contributed by atoms with Crippen LogP contribution in [0.15, 0.2) is 42.5 Å². The first-order valence-corrected chi connectivity index (χ1v) is 11.6. The van der Waals surface area contributed by atoms with Crippen LogP contribution < -0.4 is 9.47 Å². The second-order valence-electron chi connectivity index (χ2n) is 9.08. The summed E-state index contributed by atoms with van der Waals surface area (Å²) in [5.74, 6) is 1.35. The van der Waals surface area contributed by atoms with E-state index in [1.165, 1.54) is 12.1 Å². The number of ether oxygens (including phenoxy) is 3. The van der Waals surface area contributed by atoms with Gasteiger partial charge in [0.05, 0.1) is 32.5 Å². The number of methoxy groups -OCH3 is 2. The highest BCUT2D eigenvalue weighted by Crippen LogP contribution is 2.29. The van der Waals surface area contributed by atoms with Gasteiger partial charge in [-0.2, -0.15) is 13.2 Å². The SMILES string of the molecule is COc1ccc(CN2CCOC(CN(CC(C)C)C(=O)c3ccc(C(F)(F)F)cc3)C2)c(OC)c1. The molecule has 2 aromatic carbocycles. The first-order valence-electron chi connectivity index (χ1n) is 11.6. The Morgan fingerprint density at radius 3 is 2.46 bits per heavy atom. The largest absolute Gasteiger partial charge is 0.497 e. The number of rotatable bonds is 9. The summed E-state index contributed by atoms with van der Waals surface area (Å²) in [7, 11) is 3.23. The third kappa shape index (κ3) is 7.35. The van der Waals surface area contributed by atoms with Crippen molar-refractivity contribution in [1.82, 2.24) is 9.80 Å². The molecule has 9 heteroatoms. The molecule has 1 amide bonds. The van der Waals surface area contributed by atoms with Gasteiger partial charge in [-0.25, -0.2) is 0 Å². The van der Waals surface area contributed by atoms with Crippen molar-refractivity contribution in [2.45, 2.75) is 32.7 Å². The monoisotopic (exact) mass is 494 g/mol. The molecule has 0 bridgehead atoms. The molecular formula is C26H33F3N2O4. The zero-order valence-electron chi connectivity index (χ0n) is 20.6. The number of hydrogen-bond acceptors (Lipinski definition) is 5. The summed E-state index contributed by atoms with van der Waals surface area (Å²) in [6.45, 7) is 7.36. The van der Waals surface area contributed by atoms with Crippen molar-refractivity contribution in [2.75, 3.05) is 47.0 Å². The molecule has 0 aliphatic carbocycles. The molecule has 1 heterocycles. The Balaban J connectivity index is 1.69. The molecule has 1 atom stereocenters. The van der Waals surface area contributed by atoms with E-state index in [-0.39, 0.29) is 23.5 Å². The van der Waals surface area contributed by atoms with E-state index >= 15 is 0 Å². The lowest BCUT2D eigenvalue weighted by Crippen LogP contribution is -2.49. The fourth-order valence-electron chi connectivity index (χ4n) is 4.17. The molecule has 0 radical (unpaired) electrons. The van der Waals surface area contributed by atoms with Gasteiger partial charge in [0.2, 0.25) is 0 Å². The average Bonchev–Trinajstić information content (AvgIpc) is 2.83. The van der Waals surface area contributed by atoms with Gasteiger partial charge in [0.25, 0.3) is 5.91 Å². The number of benzene rings is 2. The lowest BCUT2D eigenvalue weighted by molar-refractivity contribution is -0.137. The third-order valence-corrected chi connectivity index (χ3v) is 5.87. The Labute approximate surface area is 204 Å². The molecular weight excluding hydrogens is 461 g/mol. The van der Waals surface area contributed by atoms with E-state index < -0.39 is 11.7 Å². The molecule has 1 aliphatic heterocycles. The van der Waals surface area contributed by atoms with Crippen LogP contribution in [0.4, 0.5) is 13.2 Å². The maximum atomic E-state index is 13.2. The number of amides is 1. The smallest absolute Gasteiger partial charge is 0.416 e. The fourth-order valence-corrected chi connectivity index (χ4v) is 4.17. The van der Waals surface area contributed by atoms with Crippen molar-refractivity contribution in [3.8, 4) is 11.5 Å². The minimum Gasteiger partial charge on any atom is -0.497 e. The summed E-state index contributed by atoms with van der Waals surface area (Å²) in [6, 6.07) is 10.1. The zero-order chi connectivity index (χ0) is 25.6. The highest BCUT2D eigenvalue weighted by Gasteiger charge is 2.31. The second-order valence-corrected chi connectivity index (χ2v) is 9.08. The first kappa shape index (κ1) is 26.8. The van der Waals surface area contributed by atoms with Crippen LogP contribution in [-0.2, 0) is 17.5 Å². The topological polar surface area (TPSA) is 51.2 Å². The predicted octanol–water partition coefficient (Wildman–Crippen LogP) is 4.72. The van der Waals surface area contributed by atoms with Crippen molar-refractivity contribution >= 4 is 5.91 Å². The molecule has 2 aromatic rings. The molecule has 192 valence electrons. The maximum Gasteiger partial charge on any atom is 0.416 e. The Bertz CT molecular complexity index is 980. The van der Waals surface area contributed by atoms with Crippen LogP contribution in [0.25, 0.3) is 0 Å². The maximum absolute atomic E-state index is 13.2. The normalized spacial score (nSPS) is 16.9. The third-order valence-electron chi connectivity index (χ3n) is 5.87. The lowest BCUT2D eigenvalue weighted by atomic mass is 10.1. The number of carbonyl (C=O) groups is 1. The van der Waals surface area contributed by atoms with Crippen molar-refractivity contribution in [1.29, 1.82) is 0 Å². The van der Waals surface area contributed by atoms with Gasteiger partial charge in [-0.1, -0.05) is 19.9 Å². The molecule has 0 saturated carbocycles. The van der Waals surface area contributed by atoms with Gasteiger partial charge in [0, 0.05) is 49.9 Å². The van der Waals surface area contributed by atoms with Gasteiger partial charge in [-0.3, -0.25) is 9.69 Å². The first-order chi connectivity index (χ1) is 16.6. The number of morpholine rings is 1. The molecule has 1 aliphatic rings. The Hall–Kier alpha value is -2.78. The Kier molecular flexibility index (Phi) is 9.02. The van der Waals surface area contributed by atoms with Crippen LogP contribution in [-0.4, -0.2) is 68.8 Å². The molecule has 1 unspecified atom stereocenters. The van der Waals surface area contributed by atoms with E-state index in [0.29, 0.717) is 32.8 Å². The molecule has 0 N–H and O–H groups in total. The molecule has 0 spiro atoms. The van der Waals surface area contributed by atoms with Gasteiger partial charge in [-0.15, -0.1) is 0 Å². The van der Waals surface area contributed by atoms with Crippen LogP contribution in [0.5, 0.6) is 11.5 Å². The number of nitrogens with zero attached hydrogens (tertiary/aromatic N) is 2. The predicted molar refractivity (Wildman–Crippen MR) is 127 cm³/mol. The summed E-state index contributed by atoms with van der Waals surface area (Å²) >= 11 is 0. The molecule has 1 saturated heterocycles. The highest BCUT2D eigenvalue weighted by atomic mass is 19.4. The van der Waals surface area contributed by atoms with E-state index in [9.17, 15) is 18.0 Å². The summed E-state index contributed by atoms with van der Waals surface area (Å²) in [4.78, 5) is 17.1. The van der Waals surface area contributed by atoms with Crippen LogP contribution in [0.3, 0.4) is 0 Å². The van der Waals surface area contributed by atoms with E-state index in [1.54, 1.807) is 19.1 Å². The Morgan fingerprint density at radius 1 is 1.14 bits per heavy atom. The van der Waals surface area contributed by atoms with Gasteiger partial charge >= 0.3 is 6.18 Å². The Morgan fingerprint density at radius 2 is 1.86 bits per heavy atom. The summed E-state index contributed by atoms with van der Waals surface area (Å²) in [6.07, 6.45) is -4.66. The zero-order valence-corrected chi connectivity index (χ0v) is 20.6. The number of alkyl halides is 3. The minimum absolute atomic E-state index is 0.191. The molecule has 3 rings (SSSR count). The number of carbonyl (C=O) groups excluding carboxylic acids is 1. The lowest BCUT2D eigenvalue weighted by Gasteiger charge is -2.36. The molecule has 35 heavy (non-hydrogen) atoms. The van der Waals surface area contributed by atoms with Crippen LogP contribution >= 0.6 is 0 Å². The van der Waals surface area contributed by atoms with E-state index in [1.807, 2.05) is 32.0 Å². The van der Waals surface area contributed by atoms with Crippen molar-refractivity contribution in [3.05, 3.63) is 59.2 Å².